The molecule has 0 radical (unpaired) electrons. The lowest BCUT2D eigenvalue weighted by molar-refractivity contribution is -0.124. The SMILES string of the molecule is CC(CCCO)NC(=O)[C@H]1CCCCN1. The Hall–Kier alpha value is -0.610. The summed E-state index contributed by atoms with van der Waals surface area (Å²) in [6.07, 6.45) is 4.84. The van der Waals surface area contributed by atoms with Crippen molar-refractivity contribution < 1.29 is 9.90 Å². The molecule has 15 heavy (non-hydrogen) atoms. The first kappa shape index (κ1) is 12.5. The van der Waals surface area contributed by atoms with E-state index in [-0.39, 0.29) is 24.6 Å². The molecule has 0 spiro atoms. The summed E-state index contributed by atoms with van der Waals surface area (Å²) in [5.41, 5.74) is 0. The third-order valence-corrected chi connectivity index (χ3v) is 2.81. The number of hydrogen-bond acceptors (Lipinski definition) is 3. The highest BCUT2D eigenvalue weighted by Crippen LogP contribution is 2.07. The molecule has 0 aromatic heterocycles. The van der Waals surface area contributed by atoms with E-state index in [0.717, 1.165) is 32.2 Å². The highest BCUT2D eigenvalue weighted by atomic mass is 16.3. The number of aliphatic hydroxyl groups excluding tert-OH is 1. The molecule has 1 aliphatic rings. The van der Waals surface area contributed by atoms with Crippen LogP contribution in [0.15, 0.2) is 0 Å². The zero-order valence-corrected chi connectivity index (χ0v) is 9.46. The lowest BCUT2D eigenvalue weighted by atomic mass is 10.0. The molecule has 0 bridgehead atoms. The quantitative estimate of drug-likeness (QED) is 0.621. The maximum atomic E-state index is 11.7. The van der Waals surface area contributed by atoms with E-state index < -0.39 is 0 Å². The molecule has 0 saturated carbocycles. The maximum absolute atomic E-state index is 11.7. The molecule has 1 rings (SSSR count). The Morgan fingerprint density at radius 2 is 2.40 bits per heavy atom. The van der Waals surface area contributed by atoms with Gasteiger partial charge in [0.05, 0.1) is 6.04 Å². The fourth-order valence-corrected chi connectivity index (χ4v) is 1.89. The zero-order valence-electron chi connectivity index (χ0n) is 9.46. The number of rotatable bonds is 5. The van der Waals surface area contributed by atoms with Crippen LogP contribution in [0.1, 0.15) is 39.0 Å². The maximum Gasteiger partial charge on any atom is 0.237 e. The lowest BCUT2D eigenvalue weighted by Crippen LogP contribution is -2.49. The van der Waals surface area contributed by atoms with E-state index in [9.17, 15) is 4.79 Å². The summed E-state index contributed by atoms with van der Waals surface area (Å²) < 4.78 is 0. The van der Waals surface area contributed by atoms with E-state index in [1.807, 2.05) is 6.92 Å². The van der Waals surface area contributed by atoms with Crippen molar-refractivity contribution in [2.75, 3.05) is 13.2 Å². The summed E-state index contributed by atoms with van der Waals surface area (Å²) in [5, 5.41) is 14.9. The minimum absolute atomic E-state index is 0.00433. The van der Waals surface area contributed by atoms with Gasteiger partial charge in [-0.05, 0) is 39.2 Å². The van der Waals surface area contributed by atoms with E-state index in [0.29, 0.717) is 0 Å². The van der Waals surface area contributed by atoms with Crippen LogP contribution in [0.3, 0.4) is 0 Å². The molecule has 1 saturated heterocycles. The number of hydrogen-bond donors (Lipinski definition) is 3. The van der Waals surface area contributed by atoms with Gasteiger partial charge in [-0.1, -0.05) is 6.42 Å². The lowest BCUT2D eigenvalue weighted by Gasteiger charge is -2.24. The summed E-state index contributed by atoms with van der Waals surface area (Å²) >= 11 is 0. The molecule has 1 aliphatic heterocycles. The number of aliphatic hydroxyl groups is 1. The molecule has 0 aromatic carbocycles. The van der Waals surface area contributed by atoms with Gasteiger partial charge in [-0.2, -0.15) is 0 Å². The highest BCUT2D eigenvalue weighted by molar-refractivity contribution is 5.82. The second kappa shape index (κ2) is 6.80. The van der Waals surface area contributed by atoms with Crippen LogP contribution in [-0.2, 0) is 4.79 Å². The molecular formula is C11H22N2O2. The molecule has 0 aromatic rings. The average molecular weight is 214 g/mol. The van der Waals surface area contributed by atoms with E-state index >= 15 is 0 Å². The first-order valence-corrected chi connectivity index (χ1v) is 5.88. The van der Waals surface area contributed by atoms with Crippen molar-refractivity contribution in [3.63, 3.8) is 0 Å². The van der Waals surface area contributed by atoms with Crippen LogP contribution in [0.5, 0.6) is 0 Å². The van der Waals surface area contributed by atoms with Gasteiger partial charge in [0.1, 0.15) is 0 Å². The van der Waals surface area contributed by atoms with Gasteiger partial charge in [-0.25, -0.2) is 0 Å². The molecule has 1 heterocycles. The Morgan fingerprint density at radius 1 is 1.60 bits per heavy atom. The molecule has 1 fully saturated rings. The third-order valence-electron chi connectivity index (χ3n) is 2.81. The summed E-state index contributed by atoms with van der Waals surface area (Å²) in [7, 11) is 0. The van der Waals surface area contributed by atoms with Gasteiger partial charge >= 0.3 is 0 Å². The zero-order chi connectivity index (χ0) is 11.1. The predicted molar refractivity (Wildman–Crippen MR) is 59.6 cm³/mol. The molecule has 88 valence electrons. The molecule has 1 amide bonds. The number of carbonyl (C=O) groups is 1. The minimum Gasteiger partial charge on any atom is -0.396 e. The first-order valence-electron chi connectivity index (χ1n) is 5.88. The summed E-state index contributed by atoms with van der Waals surface area (Å²) in [6.45, 7) is 3.13. The van der Waals surface area contributed by atoms with Crippen molar-refractivity contribution in [2.24, 2.45) is 0 Å². The van der Waals surface area contributed by atoms with E-state index in [1.165, 1.54) is 6.42 Å². The predicted octanol–water partition coefficient (Wildman–Crippen LogP) is 0.406. The molecule has 2 atom stereocenters. The highest BCUT2D eigenvalue weighted by Gasteiger charge is 2.21. The molecule has 4 heteroatoms. The third kappa shape index (κ3) is 4.62. The van der Waals surface area contributed by atoms with Crippen molar-refractivity contribution in [1.29, 1.82) is 0 Å². The van der Waals surface area contributed by atoms with Gasteiger partial charge in [0.2, 0.25) is 5.91 Å². The molecule has 0 aliphatic carbocycles. The fraction of sp³-hybridized carbons (Fsp3) is 0.909. The van der Waals surface area contributed by atoms with Gasteiger partial charge in [-0.3, -0.25) is 4.79 Å². The van der Waals surface area contributed by atoms with Gasteiger partial charge in [0.15, 0.2) is 0 Å². The van der Waals surface area contributed by atoms with Crippen molar-refractivity contribution in [1.82, 2.24) is 10.6 Å². The first-order chi connectivity index (χ1) is 7.24. The van der Waals surface area contributed by atoms with E-state index in [2.05, 4.69) is 10.6 Å². The fourth-order valence-electron chi connectivity index (χ4n) is 1.89. The van der Waals surface area contributed by atoms with Crippen molar-refractivity contribution >= 4 is 5.91 Å². The van der Waals surface area contributed by atoms with Gasteiger partial charge in [-0.15, -0.1) is 0 Å². The van der Waals surface area contributed by atoms with Crippen LogP contribution in [0.2, 0.25) is 0 Å². The number of carbonyl (C=O) groups excluding carboxylic acids is 1. The Morgan fingerprint density at radius 3 is 3.00 bits per heavy atom. The van der Waals surface area contributed by atoms with Gasteiger partial charge in [0, 0.05) is 12.6 Å². The van der Waals surface area contributed by atoms with Gasteiger partial charge in [0.25, 0.3) is 0 Å². The Balaban J connectivity index is 2.21. The topological polar surface area (TPSA) is 61.4 Å². The molecule has 3 N–H and O–H groups in total. The summed E-state index contributed by atoms with van der Waals surface area (Å²) in [4.78, 5) is 11.7. The van der Waals surface area contributed by atoms with Crippen LogP contribution in [0.25, 0.3) is 0 Å². The molecular weight excluding hydrogens is 192 g/mol. The normalized spacial score (nSPS) is 23.5. The van der Waals surface area contributed by atoms with Gasteiger partial charge < -0.3 is 15.7 Å². The number of nitrogens with one attached hydrogen (secondary N) is 2. The Labute approximate surface area is 91.4 Å². The standard InChI is InChI=1S/C11H22N2O2/c1-9(5-4-8-14)13-11(15)10-6-2-3-7-12-10/h9-10,12,14H,2-8H2,1H3,(H,13,15)/t9?,10-/m1/s1. The number of piperidine rings is 1. The molecule has 4 nitrogen and oxygen atoms in total. The Bertz CT molecular complexity index is 191. The van der Waals surface area contributed by atoms with Crippen molar-refractivity contribution in [3.05, 3.63) is 0 Å². The van der Waals surface area contributed by atoms with Crippen LogP contribution in [0.4, 0.5) is 0 Å². The summed E-state index contributed by atoms with van der Waals surface area (Å²) in [6, 6.07) is 0.156. The van der Waals surface area contributed by atoms with Crippen LogP contribution < -0.4 is 10.6 Å². The van der Waals surface area contributed by atoms with Crippen LogP contribution in [0, 0.1) is 0 Å². The van der Waals surface area contributed by atoms with E-state index in [4.69, 9.17) is 5.11 Å². The second-order valence-corrected chi connectivity index (χ2v) is 4.28. The Kier molecular flexibility index (Phi) is 5.65. The van der Waals surface area contributed by atoms with Crippen LogP contribution in [-0.4, -0.2) is 36.2 Å². The minimum atomic E-state index is -0.00433. The monoisotopic (exact) mass is 214 g/mol. The largest absolute Gasteiger partial charge is 0.396 e. The average Bonchev–Trinajstić information content (AvgIpc) is 2.27. The van der Waals surface area contributed by atoms with Crippen molar-refractivity contribution in [2.45, 2.75) is 51.1 Å². The smallest absolute Gasteiger partial charge is 0.237 e. The van der Waals surface area contributed by atoms with Crippen LogP contribution >= 0.6 is 0 Å². The second-order valence-electron chi connectivity index (χ2n) is 4.28. The van der Waals surface area contributed by atoms with E-state index in [1.54, 1.807) is 0 Å². The summed E-state index contributed by atoms with van der Waals surface area (Å²) in [5.74, 6) is 0.111. The molecule has 1 unspecified atom stereocenters. The number of amides is 1. The van der Waals surface area contributed by atoms with Crippen molar-refractivity contribution in [3.8, 4) is 0 Å².